The lowest BCUT2D eigenvalue weighted by Crippen LogP contribution is -2.55. The van der Waals surface area contributed by atoms with Gasteiger partial charge in [-0.3, -0.25) is 13.9 Å². The molecule has 0 heterocycles. The first-order valence-corrected chi connectivity index (χ1v) is 19.9. The van der Waals surface area contributed by atoms with E-state index in [2.05, 4.69) is 5.32 Å². The molecule has 1 atom stereocenters. The standard InChI is InChI=1S/C40H47N3O5S2/c1-4-48-38-21-12-11-20-36(38)43(50(46,47)35-24-22-34(49-3)23-25-35)29-39(44)42(28-32-17-13-14-30(2)26-32)37(27-31-15-7-5-8-16-31)40(45)41-33-18-9-6-10-19-33/h5,7-8,11-17,20-26,33,37H,4,6,9-10,18-19,27-29H2,1-3H3,(H,41,45)/t37-/m0/s1. The van der Waals surface area contributed by atoms with Crippen molar-refractivity contribution in [1.29, 1.82) is 0 Å². The van der Waals surface area contributed by atoms with Gasteiger partial charge in [0.15, 0.2) is 0 Å². The average Bonchev–Trinajstić information content (AvgIpc) is 3.13. The van der Waals surface area contributed by atoms with Crippen LogP contribution in [0, 0.1) is 6.92 Å². The van der Waals surface area contributed by atoms with Gasteiger partial charge in [-0.15, -0.1) is 11.8 Å². The highest BCUT2D eigenvalue weighted by molar-refractivity contribution is 7.98. The summed E-state index contributed by atoms with van der Waals surface area (Å²) in [6.45, 7) is 3.70. The molecule has 0 saturated heterocycles. The van der Waals surface area contributed by atoms with Crippen molar-refractivity contribution >= 4 is 39.3 Å². The van der Waals surface area contributed by atoms with E-state index in [0.717, 1.165) is 58.0 Å². The molecule has 1 aliphatic carbocycles. The SMILES string of the molecule is CCOc1ccccc1N(CC(=O)N(Cc1cccc(C)c1)[C@@H](Cc1ccccc1)C(=O)NC1CCCCC1)S(=O)(=O)c1ccc(SC)cc1. The Kier molecular flexibility index (Phi) is 13.0. The van der Waals surface area contributed by atoms with Crippen molar-refractivity contribution in [2.24, 2.45) is 0 Å². The molecule has 4 aromatic rings. The summed E-state index contributed by atoms with van der Waals surface area (Å²) in [6.07, 6.45) is 7.22. The molecule has 4 aromatic carbocycles. The van der Waals surface area contributed by atoms with Gasteiger partial charge < -0.3 is 15.0 Å². The number of sulfonamides is 1. The van der Waals surface area contributed by atoms with Crippen LogP contribution in [-0.4, -0.2) is 56.6 Å². The monoisotopic (exact) mass is 713 g/mol. The predicted octanol–water partition coefficient (Wildman–Crippen LogP) is 7.40. The van der Waals surface area contributed by atoms with Crippen LogP contribution in [0.25, 0.3) is 0 Å². The molecular formula is C40H47N3O5S2. The van der Waals surface area contributed by atoms with E-state index in [1.807, 2.05) is 74.7 Å². The zero-order valence-corrected chi connectivity index (χ0v) is 30.7. The van der Waals surface area contributed by atoms with Gasteiger partial charge in [-0.2, -0.15) is 0 Å². The molecular weight excluding hydrogens is 667 g/mol. The number of carbonyl (C=O) groups is 2. The Morgan fingerprint density at radius 3 is 2.24 bits per heavy atom. The van der Waals surface area contributed by atoms with Gasteiger partial charge in [-0.25, -0.2) is 8.42 Å². The van der Waals surface area contributed by atoms with E-state index in [4.69, 9.17) is 4.74 Å². The van der Waals surface area contributed by atoms with Gasteiger partial charge in [0.1, 0.15) is 18.3 Å². The number of anilines is 1. The van der Waals surface area contributed by atoms with Crippen molar-refractivity contribution in [3.8, 4) is 5.75 Å². The van der Waals surface area contributed by atoms with Crippen LogP contribution in [0.3, 0.4) is 0 Å². The van der Waals surface area contributed by atoms with Crippen LogP contribution < -0.4 is 14.4 Å². The summed E-state index contributed by atoms with van der Waals surface area (Å²) in [5.74, 6) is -0.395. The zero-order valence-electron chi connectivity index (χ0n) is 29.1. The fourth-order valence-corrected chi connectivity index (χ4v) is 8.27. The number of hydrogen-bond donors (Lipinski definition) is 1. The third-order valence-corrected chi connectivity index (χ3v) is 11.5. The maximum atomic E-state index is 14.9. The van der Waals surface area contributed by atoms with Crippen molar-refractivity contribution in [2.75, 3.05) is 23.7 Å². The highest BCUT2D eigenvalue weighted by Gasteiger charge is 2.36. The summed E-state index contributed by atoms with van der Waals surface area (Å²) >= 11 is 1.51. The van der Waals surface area contributed by atoms with E-state index >= 15 is 0 Å². The molecule has 1 N–H and O–H groups in total. The van der Waals surface area contributed by atoms with Crippen molar-refractivity contribution in [3.63, 3.8) is 0 Å². The molecule has 1 aliphatic rings. The number of benzene rings is 4. The lowest BCUT2D eigenvalue weighted by molar-refractivity contribution is -0.140. The number of aryl methyl sites for hydroxylation is 1. The van der Waals surface area contributed by atoms with E-state index in [1.54, 1.807) is 53.4 Å². The quantitative estimate of drug-likeness (QED) is 0.129. The number of ether oxygens (including phenoxy) is 1. The number of carbonyl (C=O) groups excluding carboxylic acids is 2. The second kappa shape index (κ2) is 17.6. The Bertz CT molecular complexity index is 1830. The fourth-order valence-electron chi connectivity index (χ4n) is 6.43. The number of thioether (sulfide) groups is 1. The van der Waals surface area contributed by atoms with E-state index in [0.29, 0.717) is 12.4 Å². The third kappa shape index (κ3) is 9.48. The van der Waals surface area contributed by atoms with E-state index in [9.17, 15) is 18.0 Å². The van der Waals surface area contributed by atoms with Gasteiger partial charge >= 0.3 is 0 Å². The number of rotatable bonds is 15. The number of nitrogens with zero attached hydrogens (tertiary/aromatic N) is 2. The predicted molar refractivity (Wildman–Crippen MR) is 201 cm³/mol. The minimum atomic E-state index is -4.26. The lowest BCUT2D eigenvalue weighted by atomic mass is 9.94. The number of nitrogens with one attached hydrogen (secondary N) is 1. The fraction of sp³-hybridized carbons (Fsp3) is 0.350. The summed E-state index contributed by atoms with van der Waals surface area (Å²) in [4.78, 5) is 31.7. The first-order valence-electron chi connectivity index (χ1n) is 17.3. The van der Waals surface area contributed by atoms with Crippen LogP contribution in [-0.2, 0) is 32.6 Å². The molecule has 0 radical (unpaired) electrons. The normalized spacial score (nSPS) is 14.1. The molecule has 0 spiro atoms. The maximum Gasteiger partial charge on any atom is 0.264 e. The molecule has 5 rings (SSSR count). The molecule has 10 heteroatoms. The first-order chi connectivity index (χ1) is 24.2. The average molecular weight is 714 g/mol. The number of para-hydroxylation sites is 2. The van der Waals surface area contributed by atoms with Crippen LogP contribution in [0.15, 0.2) is 113 Å². The molecule has 0 aliphatic heterocycles. The summed E-state index contributed by atoms with van der Waals surface area (Å²) in [6, 6.07) is 30.1. The Morgan fingerprint density at radius 2 is 1.56 bits per heavy atom. The van der Waals surface area contributed by atoms with Gasteiger partial charge in [-0.05, 0) is 80.5 Å². The Morgan fingerprint density at radius 1 is 0.880 bits per heavy atom. The van der Waals surface area contributed by atoms with Gasteiger partial charge in [0.25, 0.3) is 10.0 Å². The molecule has 0 bridgehead atoms. The molecule has 0 unspecified atom stereocenters. The van der Waals surface area contributed by atoms with E-state index < -0.39 is 28.5 Å². The van der Waals surface area contributed by atoms with Gasteiger partial charge in [0, 0.05) is 23.9 Å². The molecule has 1 fully saturated rings. The topological polar surface area (TPSA) is 96.0 Å². The number of hydrogen-bond acceptors (Lipinski definition) is 6. The molecule has 264 valence electrons. The van der Waals surface area contributed by atoms with Crippen LogP contribution in [0.4, 0.5) is 5.69 Å². The summed E-state index contributed by atoms with van der Waals surface area (Å²) in [5, 5.41) is 3.26. The van der Waals surface area contributed by atoms with E-state index in [-0.39, 0.29) is 35.5 Å². The van der Waals surface area contributed by atoms with Crippen LogP contribution >= 0.6 is 11.8 Å². The van der Waals surface area contributed by atoms with Gasteiger partial charge in [0.2, 0.25) is 11.8 Å². The Hall–Kier alpha value is -4.28. The van der Waals surface area contributed by atoms with Crippen LogP contribution in [0.5, 0.6) is 5.75 Å². The van der Waals surface area contributed by atoms with Crippen LogP contribution in [0.1, 0.15) is 55.7 Å². The first kappa shape index (κ1) is 37.0. The maximum absolute atomic E-state index is 14.9. The molecule has 0 aromatic heterocycles. The van der Waals surface area contributed by atoms with Crippen molar-refractivity contribution < 1.29 is 22.7 Å². The van der Waals surface area contributed by atoms with Crippen molar-refractivity contribution in [3.05, 3.63) is 120 Å². The van der Waals surface area contributed by atoms with Crippen molar-refractivity contribution in [2.45, 2.75) is 80.8 Å². The van der Waals surface area contributed by atoms with E-state index in [1.165, 1.54) is 11.8 Å². The second-order valence-corrected chi connectivity index (χ2v) is 15.4. The highest BCUT2D eigenvalue weighted by Crippen LogP contribution is 2.33. The van der Waals surface area contributed by atoms with Crippen LogP contribution in [0.2, 0.25) is 0 Å². The van der Waals surface area contributed by atoms with Crippen molar-refractivity contribution in [1.82, 2.24) is 10.2 Å². The Balaban J connectivity index is 1.59. The molecule has 50 heavy (non-hydrogen) atoms. The molecule has 2 amide bonds. The highest BCUT2D eigenvalue weighted by atomic mass is 32.2. The third-order valence-electron chi connectivity index (χ3n) is 9.02. The zero-order chi connectivity index (χ0) is 35.5. The number of amides is 2. The minimum absolute atomic E-state index is 0.0321. The Labute approximate surface area is 301 Å². The molecule has 8 nitrogen and oxygen atoms in total. The second-order valence-electron chi connectivity index (χ2n) is 12.6. The van der Waals surface area contributed by atoms with Gasteiger partial charge in [0.05, 0.1) is 17.2 Å². The minimum Gasteiger partial charge on any atom is -0.492 e. The lowest BCUT2D eigenvalue weighted by Gasteiger charge is -2.35. The largest absolute Gasteiger partial charge is 0.492 e. The molecule has 1 saturated carbocycles. The smallest absolute Gasteiger partial charge is 0.264 e. The summed E-state index contributed by atoms with van der Waals surface area (Å²) in [5.41, 5.74) is 3.01. The van der Waals surface area contributed by atoms with Gasteiger partial charge in [-0.1, -0.05) is 91.6 Å². The summed E-state index contributed by atoms with van der Waals surface area (Å²) < 4.78 is 36.1. The summed E-state index contributed by atoms with van der Waals surface area (Å²) in [7, 11) is -4.26.